The molecule has 1 amide bonds. The summed E-state index contributed by atoms with van der Waals surface area (Å²) in [5, 5.41) is 5.21. The first-order valence-corrected chi connectivity index (χ1v) is 11.7. The predicted octanol–water partition coefficient (Wildman–Crippen LogP) is 1.90. The molecular formula is C19H25N3O4S2. The van der Waals surface area contributed by atoms with Crippen LogP contribution in [0.5, 0.6) is 0 Å². The third-order valence-corrected chi connectivity index (χ3v) is 7.06. The number of nitrogens with zero attached hydrogens (tertiary/aromatic N) is 2. The van der Waals surface area contributed by atoms with Crippen LogP contribution in [-0.4, -0.2) is 61.2 Å². The number of sulfonamides is 1. The lowest BCUT2D eigenvalue weighted by molar-refractivity contribution is -0.0440. The summed E-state index contributed by atoms with van der Waals surface area (Å²) < 4.78 is 32.0. The Morgan fingerprint density at radius 3 is 2.61 bits per heavy atom. The Bertz CT molecular complexity index is 889. The summed E-state index contributed by atoms with van der Waals surface area (Å²) in [6.45, 7) is 4.45. The van der Waals surface area contributed by atoms with E-state index in [1.807, 2.05) is 44.2 Å². The second kappa shape index (κ2) is 9.13. The lowest BCUT2D eigenvalue weighted by Crippen LogP contribution is -2.49. The normalized spacial score (nSPS) is 20.8. The Hall–Kier alpha value is -1.81. The third kappa shape index (κ3) is 5.60. The van der Waals surface area contributed by atoms with Crippen molar-refractivity contribution in [3.05, 3.63) is 52.0 Å². The number of benzene rings is 1. The number of aromatic nitrogens is 1. The largest absolute Gasteiger partial charge is 0.373 e. The molecule has 0 spiro atoms. The Morgan fingerprint density at radius 1 is 1.25 bits per heavy atom. The Morgan fingerprint density at radius 2 is 1.93 bits per heavy atom. The summed E-state index contributed by atoms with van der Waals surface area (Å²) >= 11 is 1.42. The number of morpholine rings is 1. The van der Waals surface area contributed by atoms with Gasteiger partial charge in [0.25, 0.3) is 5.91 Å². The van der Waals surface area contributed by atoms with Gasteiger partial charge in [-0.15, -0.1) is 11.3 Å². The van der Waals surface area contributed by atoms with Crippen molar-refractivity contribution in [2.45, 2.75) is 32.5 Å². The summed E-state index contributed by atoms with van der Waals surface area (Å²) in [6.07, 6.45) is 0.401. The van der Waals surface area contributed by atoms with Crippen molar-refractivity contribution >= 4 is 27.3 Å². The number of carbonyl (C=O) groups excluding carboxylic acids is 1. The molecule has 0 bridgehead atoms. The van der Waals surface area contributed by atoms with Crippen molar-refractivity contribution in [3.8, 4) is 0 Å². The fraction of sp³-hybridized carbons (Fsp3) is 0.474. The maximum absolute atomic E-state index is 12.5. The molecule has 28 heavy (non-hydrogen) atoms. The van der Waals surface area contributed by atoms with Crippen LogP contribution in [0.2, 0.25) is 0 Å². The minimum absolute atomic E-state index is 0.0484. The highest BCUT2D eigenvalue weighted by Gasteiger charge is 2.30. The van der Waals surface area contributed by atoms with E-state index in [4.69, 9.17) is 4.74 Å². The maximum atomic E-state index is 12.5. The SMILES string of the molecule is C[C@H]1CN(S(=O)(=O)CCNC(=O)c2csc(Cc3ccccc3)n2)C[C@H](C)O1. The van der Waals surface area contributed by atoms with Crippen LogP contribution in [0.15, 0.2) is 35.7 Å². The van der Waals surface area contributed by atoms with E-state index in [1.165, 1.54) is 15.6 Å². The Balaban J connectivity index is 1.50. The van der Waals surface area contributed by atoms with Crippen LogP contribution in [0.4, 0.5) is 0 Å². The van der Waals surface area contributed by atoms with Crippen LogP contribution in [0.25, 0.3) is 0 Å². The average molecular weight is 424 g/mol. The van der Waals surface area contributed by atoms with Crippen molar-refractivity contribution in [2.24, 2.45) is 0 Å². The highest BCUT2D eigenvalue weighted by Crippen LogP contribution is 2.16. The Kier molecular flexibility index (Phi) is 6.82. The van der Waals surface area contributed by atoms with E-state index in [0.29, 0.717) is 25.2 Å². The van der Waals surface area contributed by atoms with E-state index in [1.54, 1.807) is 5.38 Å². The summed E-state index contributed by atoms with van der Waals surface area (Å²) in [7, 11) is -3.44. The first-order chi connectivity index (χ1) is 13.3. The monoisotopic (exact) mass is 423 g/mol. The summed E-state index contributed by atoms with van der Waals surface area (Å²) in [5.74, 6) is -0.492. The van der Waals surface area contributed by atoms with Gasteiger partial charge < -0.3 is 10.1 Å². The average Bonchev–Trinajstić information content (AvgIpc) is 3.10. The van der Waals surface area contributed by atoms with Crippen molar-refractivity contribution in [1.29, 1.82) is 0 Å². The number of ether oxygens (including phenoxy) is 1. The summed E-state index contributed by atoms with van der Waals surface area (Å²) in [4.78, 5) is 16.6. The number of hydrogen-bond donors (Lipinski definition) is 1. The molecule has 1 aromatic heterocycles. The molecule has 0 radical (unpaired) electrons. The van der Waals surface area contributed by atoms with Crippen molar-refractivity contribution in [3.63, 3.8) is 0 Å². The van der Waals surface area contributed by atoms with Gasteiger partial charge in [0.05, 0.1) is 23.0 Å². The molecule has 1 N–H and O–H groups in total. The molecule has 3 rings (SSSR count). The molecule has 0 unspecified atom stereocenters. The zero-order valence-corrected chi connectivity index (χ0v) is 17.6. The molecule has 1 saturated heterocycles. The number of rotatable bonds is 7. The zero-order valence-electron chi connectivity index (χ0n) is 16.0. The first-order valence-electron chi connectivity index (χ1n) is 9.23. The van der Waals surface area contributed by atoms with E-state index in [0.717, 1.165) is 10.6 Å². The number of amides is 1. The number of carbonyl (C=O) groups is 1. The van der Waals surface area contributed by atoms with Crippen LogP contribution in [0, 0.1) is 0 Å². The second-order valence-corrected chi connectivity index (χ2v) is 9.97. The van der Waals surface area contributed by atoms with Gasteiger partial charge in [0.15, 0.2) is 0 Å². The Labute approximate surface area is 169 Å². The van der Waals surface area contributed by atoms with E-state index < -0.39 is 10.0 Å². The molecule has 152 valence electrons. The van der Waals surface area contributed by atoms with Gasteiger partial charge in [-0.2, -0.15) is 4.31 Å². The fourth-order valence-electron chi connectivity index (χ4n) is 3.14. The van der Waals surface area contributed by atoms with Gasteiger partial charge >= 0.3 is 0 Å². The number of nitrogens with one attached hydrogen (secondary N) is 1. The molecule has 9 heteroatoms. The van der Waals surface area contributed by atoms with Crippen molar-refractivity contribution in [1.82, 2.24) is 14.6 Å². The van der Waals surface area contributed by atoms with E-state index in [2.05, 4.69) is 10.3 Å². The molecule has 0 saturated carbocycles. The fourth-order valence-corrected chi connectivity index (χ4v) is 5.44. The molecule has 2 heterocycles. The summed E-state index contributed by atoms with van der Waals surface area (Å²) in [6, 6.07) is 9.91. The molecule has 1 aliphatic heterocycles. The molecular weight excluding hydrogens is 398 g/mol. The number of thiazole rings is 1. The van der Waals surface area contributed by atoms with E-state index in [9.17, 15) is 13.2 Å². The van der Waals surface area contributed by atoms with Gasteiger partial charge in [-0.25, -0.2) is 13.4 Å². The zero-order chi connectivity index (χ0) is 20.1. The van der Waals surface area contributed by atoms with Gasteiger partial charge in [-0.05, 0) is 19.4 Å². The first kappa shape index (κ1) is 20.9. The van der Waals surface area contributed by atoms with Gasteiger partial charge in [-0.1, -0.05) is 30.3 Å². The third-order valence-electron chi connectivity index (χ3n) is 4.41. The lowest BCUT2D eigenvalue weighted by Gasteiger charge is -2.34. The van der Waals surface area contributed by atoms with Gasteiger partial charge in [0.1, 0.15) is 5.69 Å². The van der Waals surface area contributed by atoms with Gasteiger partial charge in [-0.3, -0.25) is 4.79 Å². The standard InChI is InChI=1S/C19H25N3O4S2/c1-14-11-22(12-15(2)26-14)28(24,25)9-8-20-19(23)17-13-27-18(21-17)10-16-6-4-3-5-7-16/h3-7,13-15H,8-12H2,1-2H3,(H,20,23)/t14-,15-/m0/s1. The quantitative estimate of drug-likeness (QED) is 0.735. The van der Waals surface area contributed by atoms with Crippen LogP contribution >= 0.6 is 11.3 Å². The van der Waals surface area contributed by atoms with Crippen LogP contribution in [-0.2, 0) is 21.2 Å². The highest BCUT2D eigenvalue weighted by molar-refractivity contribution is 7.89. The van der Waals surface area contributed by atoms with Crippen molar-refractivity contribution < 1.29 is 17.9 Å². The van der Waals surface area contributed by atoms with E-state index >= 15 is 0 Å². The molecule has 2 aromatic rings. The topological polar surface area (TPSA) is 88.6 Å². The summed E-state index contributed by atoms with van der Waals surface area (Å²) in [5.41, 5.74) is 1.45. The molecule has 0 aliphatic carbocycles. The molecule has 1 aromatic carbocycles. The molecule has 1 fully saturated rings. The molecule has 7 nitrogen and oxygen atoms in total. The van der Waals surface area contributed by atoms with Gasteiger partial charge in [0.2, 0.25) is 10.0 Å². The maximum Gasteiger partial charge on any atom is 0.270 e. The number of hydrogen-bond acceptors (Lipinski definition) is 6. The van der Waals surface area contributed by atoms with Crippen molar-refractivity contribution in [2.75, 3.05) is 25.4 Å². The minimum Gasteiger partial charge on any atom is -0.373 e. The van der Waals surface area contributed by atoms with E-state index in [-0.39, 0.29) is 30.4 Å². The van der Waals surface area contributed by atoms with Crippen LogP contribution in [0.1, 0.15) is 34.9 Å². The second-order valence-electron chi connectivity index (χ2n) is 6.94. The smallest absolute Gasteiger partial charge is 0.270 e. The predicted molar refractivity (Wildman–Crippen MR) is 109 cm³/mol. The van der Waals surface area contributed by atoms with Crippen LogP contribution < -0.4 is 5.32 Å². The molecule has 2 atom stereocenters. The van der Waals surface area contributed by atoms with Gasteiger partial charge in [0, 0.05) is 31.4 Å². The minimum atomic E-state index is -3.44. The lowest BCUT2D eigenvalue weighted by atomic mass is 10.2. The molecule has 1 aliphatic rings. The highest BCUT2D eigenvalue weighted by atomic mass is 32.2. The van der Waals surface area contributed by atoms with Crippen LogP contribution in [0.3, 0.4) is 0 Å².